The Kier molecular flexibility index (Phi) is 10.5. The second-order valence-electron chi connectivity index (χ2n) is 19.2. The molecule has 4 aromatic heterocycles. The zero-order valence-electron chi connectivity index (χ0n) is 35.4. The summed E-state index contributed by atoms with van der Waals surface area (Å²) < 4.78 is 10.1. The summed E-state index contributed by atoms with van der Waals surface area (Å²) >= 11 is 1.57. The van der Waals surface area contributed by atoms with E-state index in [1.807, 2.05) is 62.3 Å². The molecule has 1 aromatic carbocycles. The van der Waals surface area contributed by atoms with E-state index in [2.05, 4.69) is 45.0 Å². The molecular weight excluding hydrogens is 779 g/mol. The maximum Gasteiger partial charge on any atom is 0.355 e. The third-order valence-electron chi connectivity index (χ3n) is 13.7. The van der Waals surface area contributed by atoms with E-state index in [-0.39, 0.29) is 34.1 Å². The fourth-order valence-electron chi connectivity index (χ4n) is 12.3. The topological polar surface area (TPSA) is 175 Å². The van der Waals surface area contributed by atoms with Crippen molar-refractivity contribution in [1.82, 2.24) is 34.8 Å². The Morgan fingerprint density at radius 2 is 1.78 bits per heavy atom. The lowest BCUT2D eigenvalue weighted by molar-refractivity contribution is -0.248. The quantitative estimate of drug-likeness (QED) is 0.0828. The summed E-state index contributed by atoms with van der Waals surface area (Å²) in [5.41, 5.74) is 5.36. The SMILES string of the molecule is Cc1c(Nc2nc3ccccc3s2)nnc2c1CCCN2c1ccc(-c2cnn(CC34CC5(C)CC(C)(C3)CC(OCCN(C)CC[C@@H](O)CO)(C5)C4)c2C)c(C(=O)O)n1. The second kappa shape index (κ2) is 15.4. The monoisotopic (exact) mass is 835 g/mol. The van der Waals surface area contributed by atoms with Crippen molar-refractivity contribution >= 4 is 50.1 Å². The van der Waals surface area contributed by atoms with Gasteiger partial charge in [-0.25, -0.2) is 14.8 Å². The van der Waals surface area contributed by atoms with Crippen LogP contribution in [0.15, 0.2) is 42.6 Å². The molecule has 60 heavy (non-hydrogen) atoms. The van der Waals surface area contributed by atoms with Gasteiger partial charge in [0, 0.05) is 54.1 Å². The van der Waals surface area contributed by atoms with Gasteiger partial charge < -0.3 is 35.2 Å². The number of benzene rings is 1. The number of carboxylic acid groups (broad SMARTS) is 1. The number of likely N-dealkylation sites (N-methyl/N-ethyl adjacent to an activating group) is 1. The van der Waals surface area contributed by atoms with Crippen molar-refractivity contribution in [2.75, 3.05) is 50.1 Å². The van der Waals surface area contributed by atoms with E-state index in [9.17, 15) is 20.1 Å². The predicted molar refractivity (Wildman–Crippen MR) is 232 cm³/mol. The average molecular weight is 836 g/mol. The van der Waals surface area contributed by atoms with Gasteiger partial charge in [-0.3, -0.25) is 4.68 Å². The number of hydrogen-bond donors (Lipinski definition) is 4. The molecular formula is C45H57N9O5S. The molecule has 5 aliphatic rings. The van der Waals surface area contributed by atoms with Crippen molar-refractivity contribution in [1.29, 1.82) is 0 Å². The van der Waals surface area contributed by atoms with Gasteiger partial charge in [0.15, 0.2) is 22.5 Å². The van der Waals surface area contributed by atoms with Crippen molar-refractivity contribution < 1.29 is 24.9 Å². The molecule has 1 aliphatic heterocycles. The number of rotatable bonds is 15. The molecule has 3 atom stereocenters. The van der Waals surface area contributed by atoms with Crippen LogP contribution in [0.5, 0.6) is 0 Å². The van der Waals surface area contributed by atoms with Gasteiger partial charge in [0.05, 0.1) is 41.3 Å². The summed E-state index contributed by atoms with van der Waals surface area (Å²) in [4.78, 5) is 26.6. The highest BCUT2D eigenvalue weighted by atomic mass is 32.1. The molecule has 4 aliphatic carbocycles. The molecule has 10 rings (SSSR count). The summed E-state index contributed by atoms with van der Waals surface area (Å²) in [7, 11) is 2.04. The molecule has 14 nitrogen and oxygen atoms in total. The highest BCUT2D eigenvalue weighted by molar-refractivity contribution is 7.22. The van der Waals surface area contributed by atoms with E-state index >= 15 is 0 Å². The lowest BCUT2D eigenvalue weighted by Crippen LogP contribution is -2.64. The minimum atomic E-state index is -1.09. The van der Waals surface area contributed by atoms with Crippen LogP contribution in [0.3, 0.4) is 0 Å². The standard InChI is InChI=1S/C45H57N9O5S/c1-28-31-9-8-15-53(39(31)51-50-38(28)49-41-47-34-10-6-7-11-35(34)60-41)36-13-12-32(37(48-36)40(57)58)33-19-46-54(29(33)2)27-44-22-42(3)21-43(4,23-44)25-45(24-42,26-44)59-18-17-52(5)16-14-30(56)20-55/h6-7,10-13,19,30,55-56H,8-9,14-18,20-27H2,1-5H3,(H,57,58)(H,47,49,50)/t30-,42?,43?,44?,45?/m1/s1. The molecule has 0 spiro atoms. The van der Waals surface area contributed by atoms with E-state index in [4.69, 9.17) is 19.8 Å². The lowest BCUT2D eigenvalue weighted by atomic mass is 9.39. The van der Waals surface area contributed by atoms with Crippen LogP contribution in [0, 0.1) is 30.1 Å². The molecule has 2 unspecified atom stereocenters. The maximum absolute atomic E-state index is 13.0. The largest absolute Gasteiger partial charge is 0.476 e. The van der Waals surface area contributed by atoms with Crippen LogP contribution in [-0.4, -0.2) is 108 Å². The Labute approximate surface area is 355 Å². The lowest BCUT2D eigenvalue weighted by Gasteiger charge is -2.69. The number of hydrogen-bond acceptors (Lipinski definition) is 13. The Balaban J connectivity index is 0.941. The highest BCUT2D eigenvalue weighted by Crippen LogP contribution is 2.72. The predicted octanol–water partition coefficient (Wildman–Crippen LogP) is 7.30. The Morgan fingerprint density at radius 3 is 2.53 bits per heavy atom. The zero-order chi connectivity index (χ0) is 42.0. The molecule has 0 radical (unpaired) electrons. The van der Waals surface area contributed by atoms with Gasteiger partial charge in [-0.05, 0) is 119 Å². The minimum Gasteiger partial charge on any atom is -0.476 e. The van der Waals surface area contributed by atoms with E-state index in [1.165, 1.54) is 6.42 Å². The van der Waals surface area contributed by atoms with Crippen LogP contribution in [0.4, 0.5) is 22.6 Å². The van der Waals surface area contributed by atoms with Gasteiger partial charge in [-0.2, -0.15) is 5.10 Å². The van der Waals surface area contributed by atoms with Crippen LogP contribution >= 0.6 is 11.3 Å². The molecule has 15 heteroatoms. The van der Waals surface area contributed by atoms with Crippen molar-refractivity contribution in [3.05, 3.63) is 65.1 Å². The van der Waals surface area contributed by atoms with Crippen LogP contribution in [0.2, 0.25) is 0 Å². The number of fused-ring (bicyclic) bond motifs is 2. The minimum absolute atomic E-state index is 0.00572. The van der Waals surface area contributed by atoms with E-state index in [0.717, 1.165) is 95.8 Å². The maximum atomic E-state index is 13.0. The molecule has 5 heterocycles. The number of nitrogens with one attached hydrogen (secondary N) is 1. The third-order valence-corrected chi connectivity index (χ3v) is 14.7. The Morgan fingerprint density at radius 1 is 1.00 bits per heavy atom. The molecule has 4 N–H and O–H groups in total. The molecule has 318 valence electrons. The number of para-hydroxylation sites is 1. The summed E-state index contributed by atoms with van der Waals surface area (Å²) in [6, 6.07) is 11.8. The second-order valence-corrected chi connectivity index (χ2v) is 20.2. The van der Waals surface area contributed by atoms with Crippen molar-refractivity contribution in [2.45, 2.75) is 104 Å². The van der Waals surface area contributed by atoms with Gasteiger partial charge in [0.25, 0.3) is 0 Å². The van der Waals surface area contributed by atoms with E-state index < -0.39 is 12.1 Å². The fraction of sp³-hybridized carbons (Fsp3) is 0.556. The zero-order valence-corrected chi connectivity index (χ0v) is 36.2. The number of ether oxygens (including phenoxy) is 1. The summed E-state index contributed by atoms with van der Waals surface area (Å²) in [5.74, 6) is 0.786. The number of pyridine rings is 1. The van der Waals surface area contributed by atoms with Gasteiger partial charge in [-0.15, -0.1) is 10.2 Å². The van der Waals surface area contributed by atoms with E-state index in [0.29, 0.717) is 49.1 Å². The van der Waals surface area contributed by atoms with Crippen LogP contribution in [0.1, 0.15) is 92.5 Å². The normalized spacial score (nSPS) is 26.2. The number of aliphatic hydroxyl groups is 2. The molecule has 4 bridgehead atoms. The first-order valence-corrected chi connectivity index (χ1v) is 22.1. The molecule has 0 amide bonds. The highest BCUT2D eigenvalue weighted by Gasteiger charge is 2.66. The number of thiazole rings is 1. The van der Waals surface area contributed by atoms with Crippen LogP contribution < -0.4 is 10.2 Å². The first-order valence-electron chi connectivity index (χ1n) is 21.3. The number of carboxylic acids is 1. The van der Waals surface area contributed by atoms with Crippen molar-refractivity contribution in [2.24, 2.45) is 16.2 Å². The smallest absolute Gasteiger partial charge is 0.355 e. The number of aromatic carboxylic acids is 1. The number of nitrogens with zero attached hydrogens (tertiary/aromatic N) is 8. The van der Waals surface area contributed by atoms with Gasteiger partial charge in [0.1, 0.15) is 5.82 Å². The van der Waals surface area contributed by atoms with Gasteiger partial charge in [-0.1, -0.05) is 37.3 Å². The summed E-state index contributed by atoms with van der Waals surface area (Å²) in [6.45, 7) is 12.2. The van der Waals surface area contributed by atoms with Crippen molar-refractivity contribution in [3.8, 4) is 11.1 Å². The van der Waals surface area contributed by atoms with Crippen molar-refractivity contribution in [3.63, 3.8) is 0 Å². The molecule has 5 aromatic rings. The van der Waals surface area contributed by atoms with Crippen LogP contribution in [-0.2, 0) is 17.7 Å². The summed E-state index contributed by atoms with van der Waals surface area (Å²) in [6.07, 6.45) is 9.85. The third kappa shape index (κ3) is 7.67. The first kappa shape index (κ1) is 40.8. The number of anilines is 4. The molecule has 0 saturated heterocycles. The average Bonchev–Trinajstić information content (AvgIpc) is 3.77. The molecule has 4 saturated carbocycles. The molecule has 4 fully saturated rings. The number of aromatic nitrogens is 6. The summed E-state index contributed by atoms with van der Waals surface area (Å²) in [5, 5.41) is 48.0. The number of carbonyl (C=O) groups is 1. The fourth-order valence-corrected chi connectivity index (χ4v) is 13.1. The first-order chi connectivity index (χ1) is 28.7. The Hall–Kier alpha value is -4.54. The van der Waals surface area contributed by atoms with Crippen LogP contribution in [0.25, 0.3) is 21.3 Å². The van der Waals surface area contributed by atoms with Gasteiger partial charge in [0.2, 0.25) is 0 Å². The van der Waals surface area contributed by atoms with E-state index in [1.54, 1.807) is 11.3 Å². The van der Waals surface area contributed by atoms with Gasteiger partial charge >= 0.3 is 5.97 Å². The Bertz CT molecular complexity index is 2380. The number of aliphatic hydroxyl groups excluding tert-OH is 2.